The highest BCUT2D eigenvalue weighted by atomic mass is 16.5. The van der Waals surface area contributed by atoms with Gasteiger partial charge < -0.3 is 15.8 Å². The van der Waals surface area contributed by atoms with Crippen molar-refractivity contribution in [3.63, 3.8) is 0 Å². The van der Waals surface area contributed by atoms with Crippen LogP contribution in [0, 0.1) is 0 Å². The van der Waals surface area contributed by atoms with Crippen molar-refractivity contribution in [1.82, 2.24) is 10.2 Å². The van der Waals surface area contributed by atoms with Crippen molar-refractivity contribution >= 4 is 5.91 Å². The summed E-state index contributed by atoms with van der Waals surface area (Å²) in [7, 11) is 3.59. The Hall–Kier alpha value is -1.43. The number of nitrogens with two attached hydrogens (primary N) is 1. The largest absolute Gasteiger partial charge is 0.385 e. The Bertz CT molecular complexity index is 410. The van der Waals surface area contributed by atoms with E-state index < -0.39 is 0 Å². The van der Waals surface area contributed by atoms with Crippen molar-refractivity contribution in [2.45, 2.75) is 19.5 Å². The number of ether oxygens (including phenoxy) is 1. The average molecular weight is 279 g/mol. The summed E-state index contributed by atoms with van der Waals surface area (Å²) in [6.45, 7) is 2.99. The molecule has 0 radical (unpaired) electrons. The van der Waals surface area contributed by atoms with E-state index in [1.165, 1.54) is 5.56 Å². The Labute approximate surface area is 121 Å². The smallest absolute Gasteiger partial charge is 0.234 e. The zero-order chi connectivity index (χ0) is 14.8. The number of carbonyl (C=O) groups excluding carboxylic acids is 1. The molecular weight excluding hydrogens is 254 g/mol. The fraction of sp³-hybridized carbons (Fsp3) is 0.533. The van der Waals surface area contributed by atoms with E-state index >= 15 is 0 Å². The van der Waals surface area contributed by atoms with Gasteiger partial charge in [-0.25, -0.2) is 0 Å². The van der Waals surface area contributed by atoms with Crippen LogP contribution in [-0.4, -0.2) is 44.7 Å². The van der Waals surface area contributed by atoms with Crippen LogP contribution < -0.4 is 11.1 Å². The van der Waals surface area contributed by atoms with E-state index in [1.807, 2.05) is 30.1 Å². The van der Waals surface area contributed by atoms with Crippen molar-refractivity contribution in [1.29, 1.82) is 0 Å². The highest BCUT2D eigenvalue weighted by molar-refractivity contribution is 5.77. The molecule has 0 aliphatic rings. The predicted octanol–water partition coefficient (Wildman–Crippen LogP) is 0.730. The predicted molar refractivity (Wildman–Crippen MR) is 80.2 cm³/mol. The van der Waals surface area contributed by atoms with Crippen LogP contribution in [0.25, 0.3) is 0 Å². The normalized spacial score (nSPS) is 10.8. The zero-order valence-electron chi connectivity index (χ0n) is 12.4. The van der Waals surface area contributed by atoms with Gasteiger partial charge in [-0.1, -0.05) is 24.3 Å². The highest BCUT2D eigenvalue weighted by Gasteiger charge is 2.06. The van der Waals surface area contributed by atoms with Crippen LogP contribution in [0.3, 0.4) is 0 Å². The molecule has 1 aromatic carbocycles. The fourth-order valence-corrected chi connectivity index (χ4v) is 1.97. The molecule has 20 heavy (non-hydrogen) atoms. The maximum absolute atomic E-state index is 11.7. The number of amides is 1. The van der Waals surface area contributed by atoms with Crippen LogP contribution in [0.15, 0.2) is 24.3 Å². The molecule has 1 rings (SSSR count). The Morgan fingerprint density at radius 2 is 2.15 bits per heavy atom. The lowest BCUT2D eigenvalue weighted by Gasteiger charge is -2.16. The van der Waals surface area contributed by atoms with Crippen molar-refractivity contribution in [3.8, 4) is 0 Å². The van der Waals surface area contributed by atoms with E-state index in [-0.39, 0.29) is 5.91 Å². The SMILES string of the molecule is COCCCNC(=O)CN(C)Cc1cccc(CN)c1. The lowest BCUT2D eigenvalue weighted by atomic mass is 10.1. The molecule has 0 fully saturated rings. The van der Waals surface area contributed by atoms with E-state index in [0.717, 1.165) is 18.5 Å². The van der Waals surface area contributed by atoms with Crippen LogP contribution >= 0.6 is 0 Å². The first kappa shape index (κ1) is 16.6. The van der Waals surface area contributed by atoms with Crippen LogP contribution in [0.2, 0.25) is 0 Å². The Kier molecular flexibility index (Phi) is 7.87. The number of hydrogen-bond acceptors (Lipinski definition) is 4. The third-order valence-corrected chi connectivity index (χ3v) is 2.94. The average Bonchev–Trinajstić information content (AvgIpc) is 2.43. The molecule has 0 aliphatic carbocycles. The zero-order valence-corrected chi connectivity index (χ0v) is 12.4. The second-order valence-electron chi connectivity index (χ2n) is 4.89. The maximum Gasteiger partial charge on any atom is 0.234 e. The van der Waals surface area contributed by atoms with Gasteiger partial charge in [-0.15, -0.1) is 0 Å². The van der Waals surface area contributed by atoms with Gasteiger partial charge in [0.25, 0.3) is 0 Å². The van der Waals surface area contributed by atoms with Crippen molar-refractivity contribution in [2.24, 2.45) is 5.73 Å². The summed E-state index contributed by atoms with van der Waals surface area (Å²) in [6.07, 6.45) is 0.838. The minimum absolute atomic E-state index is 0.0404. The number of nitrogens with one attached hydrogen (secondary N) is 1. The van der Waals surface area contributed by atoms with Crippen LogP contribution in [0.4, 0.5) is 0 Å². The standard InChI is InChI=1S/C15H25N3O2/c1-18(12-15(19)17-7-4-8-20-2)11-14-6-3-5-13(9-14)10-16/h3,5-6,9H,4,7-8,10-12,16H2,1-2H3,(H,17,19). The number of nitrogens with zero attached hydrogens (tertiary/aromatic N) is 1. The maximum atomic E-state index is 11.7. The molecule has 5 nitrogen and oxygen atoms in total. The van der Waals surface area contributed by atoms with Gasteiger partial charge in [-0.3, -0.25) is 9.69 Å². The molecule has 0 saturated heterocycles. The molecule has 0 unspecified atom stereocenters. The number of rotatable bonds is 9. The molecule has 0 atom stereocenters. The van der Waals surface area contributed by atoms with Crippen molar-refractivity contribution in [2.75, 3.05) is 33.9 Å². The van der Waals surface area contributed by atoms with Crippen LogP contribution in [0.1, 0.15) is 17.5 Å². The monoisotopic (exact) mass is 279 g/mol. The van der Waals surface area contributed by atoms with Gasteiger partial charge in [0, 0.05) is 33.4 Å². The lowest BCUT2D eigenvalue weighted by molar-refractivity contribution is -0.122. The molecule has 0 bridgehead atoms. The molecule has 0 saturated carbocycles. The number of methoxy groups -OCH3 is 1. The van der Waals surface area contributed by atoms with Gasteiger partial charge in [0.2, 0.25) is 5.91 Å². The minimum atomic E-state index is 0.0404. The van der Waals surface area contributed by atoms with Gasteiger partial charge in [0.05, 0.1) is 6.54 Å². The molecule has 5 heteroatoms. The van der Waals surface area contributed by atoms with E-state index in [1.54, 1.807) is 7.11 Å². The summed E-state index contributed by atoms with van der Waals surface area (Å²) >= 11 is 0. The third-order valence-electron chi connectivity index (χ3n) is 2.94. The van der Waals surface area contributed by atoms with E-state index in [0.29, 0.717) is 26.2 Å². The summed E-state index contributed by atoms with van der Waals surface area (Å²) < 4.78 is 4.93. The Morgan fingerprint density at radius 1 is 1.40 bits per heavy atom. The Morgan fingerprint density at radius 3 is 2.85 bits per heavy atom. The number of hydrogen-bond donors (Lipinski definition) is 2. The summed E-state index contributed by atoms with van der Waals surface area (Å²) in [5.41, 5.74) is 7.90. The summed E-state index contributed by atoms with van der Waals surface area (Å²) in [5, 5.41) is 2.88. The van der Waals surface area contributed by atoms with Crippen molar-refractivity contribution in [3.05, 3.63) is 35.4 Å². The highest BCUT2D eigenvalue weighted by Crippen LogP contribution is 2.06. The molecule has 3 N–H and O–H groups in total. The molecule has 0 aliphatic heterocycles. The van der Waals surface area contributed by atoms with Gasteiger partial charge in [-0.2, -0.15) is 0 Å². The van der Waals surface area contributed by atoms with Gasteiger partial charge in [-0.05, 0) is 24.6 Å². The summed E-state index contributed by atoms with van der Waals surface area (Å²) in [4.78, 5) is 13.7. The molecule has 112 valence electrons. The molecule has 1 amide bonds. The first-order chi connectivity index (χ1) is 9.65. The van der Waals surface area contributed by atoms with Gasteiger partial charge in [0.15, 0.2) is 0 Å². The first-order valence-corrected chi connectivity index (χ1v) is 6.87. The topological polar surface area (TPSA) is 67.6 Å². The van der Waals surface area contributed by atoms with Crippen LogP contribution in [-0.2, 0) is 22.6 Å². The minimum Gasteiger partial charge on any atom is -0.385 e. The molecule has 0 heterocycles. The van der Waals surface area contributed by atoms with E-state index in [9.17, 15) is 4.79 Å². The molecule has 0 aromatic heterocycles. The Balaban J connectivity index is 2.31. The fourth-order valence-electron chi connectivity index (χ4n) is 1.97. The summed E-state index contributed by atoms with van der Waals surface area (Å²) in [5.74, 6) is 0.0404. The molecule has 0 spiro atoms. The quantitative estimate of drug-likeness (QED) is 0.654. The second-order valence-corrected chi connectivity index (χ2v) is 4.89. The van der Waals surface area contributed by atoms with Crippen LogP contribution in [0.5, 0.6) is 0 Å². The lowest BCUT2D eigenvalue weighted by Crippen LogP contribution is -2.35. The molecular formula is C15H25N3O2. The summed E-state index contributed by atoms with van der Waals surface area (Å²) in [6, 6.07) is 8.13. The van der Waals surface area contributed by atoms with E-state index in [4.69, 9.17) is 10.5 Å². The van der Waals surface area contributed by atoms with E-state index in [2.05, 4.69) is 11.4 Å². The third kappa shape index (κ3) is 6.65. The first-order valence-electron chi connectivity index (χ1n) is 6.87. The van der Waals surface area contributed by atoms with Crippen molar-refractivity contribution < 1.29 is 9.53 Å². The molecule has 1 aromatic rings. The number of benzene rings is 1. The van der Waals surface area contributed by atoms with Gasteiger partial charge >= 0.3 is 0 Å². The van der Waals surface area contributed by atoms with Gasteiger partial charge in [0.1, 0.15) is 0 Å². The number of likely N-dealkylation sites (N-methyl/N-ethyl adjacent to an activating group) is 1. The number of carbonyl (C=O) groups is 1. The second kappa shape index (κ2) is 9.47.